The molecule has 3 N–H and O–H groups in total. The monoisotopic (exact) mass is 377 g/mol. The highest BCUT2D eigenvalue weighted by Crippen LogP contribution is 2.24. The van der Waals surface area contributed by atoms with Crippen LogP contribution >= 0.6 is 0 Å². The van der Waals surface area contributed by atoms with E-state index in [0.717, 1.165) is 27.6 Å². The van der Waals surface area contributed by atoms with Gasteiger partial charge in [0, 0.05) is 23.5 Å². The zero-order valence-electron chi connectivity index (χ0n) is 16.4. The summed E-state index contributed by atoms with van der Waals surface area (Å²) in [5.74, 6) is -0.344. The summed E-state index contributed by atoms with van der Waals surface area (Å²) in [6.07, 6.45) is 4.33. The van der Waals surface area contributed by atoms with Gasteiger partial charge in [-0.2, -0.15) is 0 Å². The molecule has 0 saturated carbocycles. The summed E-state index contributed by atoms with van der Waals surface area (Å²) in [7, 11) is 0. The number of benzene rings is 2. The lowest BCUT2D eigenvalue weighted by molar-refractivity contribution is -0.117. The first-order valence-corrected chi connectivity index (χ1v) is 9.62. The number of nitrogens with zero attached hydrogens (tertiary/aromatic N) is 1. The molecule has 0 bridgehead atoms. The van der Waals surface area contributed by atoms with Crippen LogP contribution in [0.1, 0.15) is 37.3 Å². The first kappa shape index (κ1) is 20.0. The Labute approximate surface area is 165 Å². The fraction of sp³-hybridized carbons (Fsp3) is 0.304. The van der Waals surface area contributed by atoms with Gasteiger partial charge >= 0.3 is 0 Å². The quantitative estimate of drug-likeness (QED) is 0.616. The van der Waals surface area contributed by atoms with Crippen molar-refractivity contribution < 1.29 is 9.53 Å². The molecule has 0 aliphatic carbocycles. The molecule has 5 heteroatoms. The molecule has 0 spiro atoms. The number of rotatable bonds is 8. The van der Waals surface area contributed by atoms with E-state index in [2.05, 4.69) is 10.3 Å². The molecule has 0 fully saturated rings. The molecule has 1 heterocycles. The van der Waals surface area contributed by atoms with Gasteiger partial charge in [-0.1, -0.05) is 30.3 Å². The summed E-state index contributed by atoms with van der Waals surface area (Å²) in [5.41, 5.74) is 8.60. The normalized spacial score (nSPS) is 12.3. The van der Waals surface area contributed by atoms with Crippen LogP contribution in [0.2, 0.25) is 0 Å². The van der Waals surface area contributed by atoms with Crippen LogP contribution in [-0.4, -0.2) is 23.5 Å². The van der Waals surface area contributed by atoms with Crippen LogP contribution in [0.3, 0.4) is 0 Å². The highest BCUT2D eigenvalue weighted by atomic mass is 16.5. The summed E-state index contributed by atoms with van der Waals surface area (Å²) >= 11 is 0. The Morgan fingerprint density at radius 1 is 1.11 bits per heavy atom. The van der Waals surface area contributed by atoms with Crippen LogP contribution in [0.15, 0.2) is 60.9 Å². The van der Waals surface area contributed by atoms with Gasteiger partial charge in [-0.05, 0) is 61.5 Å². The average molecular weight is 377 g/mol. The molecule has 0 saturated heterocycles. The number of carbonyl (C=O) groups excluding carboxylic acids is 1. The summed E-state index contributed by atoms with van der Waals surface area (Å²) < 4.78 is 5.63. The molecule has 2 aromatic carbocycles. The van der Waals surface area contributed by atoms with Gasteiger partial charge in [-0.3, -0.25) is 9.78 Å². The van der Waals surface area contributed by atoms with Crippen LogP contribution in [0.4, 0.5) is 5.69 Å². The number of nitrogens with one attached hydrogen (secondary N) is 1. The molecule has 1 unspecified atom stereocenters. The number of ether oxygens (including phenoxy) is 1. The maximum Gasteiger partial charge on any atom is 0.231 e. The highest BCUT2D eigenvalue weighted by Gasteiger charge is 2.20. The molecule has 0 radical (unpaired) electrons. The fourth-order valence-electron chi connectivity index (χ4n) is 3.12. The van der Waals surface area contributed by atoms with Gasteiger partial charge in [-0.15, -0.1) is 0 Å². The lowest BCUT2D eigenvalue weighted by Crippen LogP contribution is -2.23. The Morgan fingerprint density at radius 3 is 2.61 bits per heavy atom. The van der Waals surface area contributed by atoms with Crippen LogP contribution in [0.5, 0.6) is 0 Å². The van der Waals surface area contributed by atoms with E-state index >= 15 is 0 Å². The van der Waals surface area contributed by atoms with Crippen molar-refractivity contribution in [3.63, 3.8) is 0 Å². The number of amides is 1. The van der Waals surface area contributed by atoms with Gasteiger partial charge in [0.2, 0.25) is 5.91 Å². The number of carbonyl (C=O) groups is 1. The minimum absolute atomic E-state index is 0.0509. The predicted molar refractivity (Wildman–Crippen MR) is 113 cm³/mol. The molecule has 146 valence electrons. The average Bonchev–Trinajstić information content (AvgIpc) is 2.71. The van der Waals surface area contributed by atoms with Gasteiger partial charge in [-0.25, -0.2) is 0 Å². The second-order valence-corrected chi connectivity index (χ2v) is 7.16. The number of anilines is 1. The van der Waals surface area contributed by atoms with Crippen LogP contribution in [0, 0.1) is 0 Å². The van der Waals surface area contributed by atoms with E-state index in [0.29, 0.717) is 19.6 Å². The molecule has 1 aromatic heterocycles. The summed E-state index contributed by atoms with van der Waals surface area (Å²) in [6.45, 7) is 5.04. The number of nitrogens with two attached hydrogens (primary N) is 1. The maximum absolute atomic E-state index is 12.9. The van der Waals surface area contributed by atoms with Crippen molar-refractivity contribution >= 4 is 22.4 Å². The smallest absolute Gasteiger partial charge is 0.231 e. The molecule has 0 aliphatic heterocycles. The van der Waals surface area contributed by atoms with Crippen LogP contribution < -0.4 is 11.1 Å². The van der Waals surface area contributed by atoms with Crippen molar-refractivity contribution in [1.82, 2.24) is 4.98 Å². The van der Waals surface area contributed by atoms with E-state index in [1.54, 1.807) is 6.20 Å². The maximum atomic E-state index is 12.9. The Morgan fingerprint density at radius 2 is 1.89 bits per heavy atom. The molecule has 1 atom stereocenters. The zero-order valence-corrected chi connectivity index (χ0v) is 16.4. The van der Waals surface area contributed by atoms with E-state index < -0.39 is 0 Å². The highest BCUT2D eigenvalue weighted by molar-refractivity contribution is 5.97. The first-order chi connectivity index (χ1) is 13.6. The molecule has 3 aromatic rings. The summed E-state index contributed by atoms with van der Waals surface area (Å²) in [6, 6.07) is 15.7. The van der Waals surface area contributed by atoms with E-state index in [1.807, 2.05) is 68.6 Å². The third-order valence-corrected chi connectivity index (χ3v) is 4.65. The van der Waals surface area contributed by atoms with Gasteiger partial charge in [0.15, 0.2) is 0 Å². The predicted octanol–water partition coefficient (Wildman–Crippen LogP) is 4.23. The molecule has 1 amide bonds. The second kappa shape index (κ2) is 9.44. The van der Waals surface area contributed by atoms with Gasteiger partial charge in [0.05, 0.1) is 18.6 Å². The molecular formula is C23H27N3O2. The van der Waals surface area contributed by atoms with Crippen LogP contribution in [-0.2, 0) is 16.1 Å². The zero-order chi connectivity index (χ0) is 19.9. The molecule has 5 nitrogen and oxygen atoms in total. The molecular weight excluding hydrogens is 350 g/mol. The number of hydrogen-bond donors (Lipinski definition) is 2. The number of aromatic nitrogens is 1. The second-order valence-electron chi connectivity index (χ2n) is 7.16. The van der Waals surface area contributed by atoms with Crippen molar-refractivity contribution in [1.29, 1.82) is 0 Å². The van der Waals surface area contributed by atoms with Gasteiger partial charge < -0.3 is 15.8 Å². The van der Waals surface area contributed by atoms with E-state index in [-0.39, 0.29) is 17.9 Å². The Bertz CT molecular complexity index is 923. The number of pyridine rings is 1. The molecule has 3 rings (SSSR count). The minimum atomic E-state index is -0.293. The van der Waals surface area contributed by atoms with E-state index in [1.165, 1.54) is 0 Å². The Kier molecular flexibility index (Phi) is 6.74. The van der Waals surface area contributed by atoms with Crippen molar-refractivity contribution in [3.05, 3.63) is 72.1 Å². The van der Waals surface area contributed by atoms with Gasteiger partial charge in [0.25, 0.3) is 0 Å². The third kappa shape index (κ3) is 5.15. The summed E-state index contributed by atoms with van der Waals surface area (Å²) in [4.78, 5) is 17.1. The van der Waals surface area contributed by atoms with Crippen molar-refractivity contribution in [2.24, 2.45) is 5.73 Å². The first-order valence-electron chi connectivity index (χ1n) is 9.62. The van der Waals surface area contributed by atoms with Crippen LogP contribution in [0.25, 0.3) is 10.8 Å². The van der Waals surface area contributed by atoms with Crippen molar-refractivity contribution in [2.45, 2.75) is 38.9 Å². The minimum Gasteiger partial charge on any atom is -0.374 e. The molecule has 28 heavy (non-hydrogen) atoms. The number of hydrogen-bond acceptors (Lipinski definition) is 4. The molecule has 0 aliphatic rings. The Hall–Kier alpha value is -2.76. The topological polar surface area (TPSA) is 77.2 Å². The fourth-order valence-corrected chi connectivity index (χ4v) is 3.12. The van der Waals surface area contributed by atoms with Gasteiger partial charge in [0.1, 0.15) is 0 Å². The van der Waals surface area contributed by atoms with Crippen molar-refractivity contribution in [2.75, 3.05) is 11.9 Å². The lowest BCUT2D eigenvalue weighted by atomic mass is 9.94. The van der Waals surface area contributed by atoms with E-state index in [9.17, 15) is 4.79 Å². The Balaban J connectivity index is 1.73. The summed E-state index contributed by atoms with van der Waals surface area (Å²) in [5, 5.41) is 5.11. The SMILES string of the molecule is CC(C)OCc1ccc(C(CCN)C(=O)Nc2ccc3cnccc3c2)cc1. The number of fused-ring (bicyclic) bond motifs is 1. The standard InChI is InChI=1S/C23H27N3O2/c1-16(2)28-15-17-3-5-18(6-4-17)22(9-11-24)23(27)26-21-8-7-20-14-25-12-10-19(20)13-21/h3-8,10,12-14,16,22H,9,11,15,24H2,1-2H3,(H,26,27). The lowest BCUT2D eigenvalue weighted by Gasteiger charge is -2.17. The largest absolute Gasteiger partial charge is 0.374 e. The third-order valence-electron chi connectivity index (χ3n) is 4.65. The van der Waals surface area contributed by atoms with Crippen molar-refractivity contribution in [3.8, 4) is 0 Å². The van der Waals surface area contributed by atoms with E-state index in [4.69, 9.17) is 10.5 Å².